The van der Waals surface area contributed by atoms with E-state index in [9.17, 15) is 0 Å². The number of benzene rings is 1. The molecule has 2 aliphatic rings. The van der Waals surface area contributed by atoms with Gasteiger partial charge in [0.25, 0.3) is 0 Å². The normalized spacial score (nSPS) is 24.9. The lowest BCUT2D eigenvalue weighted by Crippen LogP contribution is -2.42. The molecular formula is C23H38ClN3. The summed E-state index contributed by atoms with van der Waals surface area (Å²) in [7, 11) is 2.25. The van der Waals surface area contributed by atoms with Crippen molar-refractivity contribution in [3.8, 4) is 0 Å². The number of nitrogens with two attached hydrogens (primary N) is 1. The van der Waals surface area contributed by atoms with Crippen molar-refractivity contribution in [1.82, 2.24) is 9.32 Å². The molecule has 0 aliphatic carbocycles. The van der Waals surface area contributed by atoms with Gasteiger partial charge >= 0.3 is 0 Å². The van der Waals surface area contributed by atoms with Crippen molar-refractivity contribution in [3.05, 3.63) is 35.4 Å². The van der Waals surface area contributed by atoms with Crippen LogP contribution in [0.4, 0.5) is 0 Å². The van der Waals surface area contributed by atoms with Gasteiger partial charge in [0, 0.05) is 19.6 Å². The molecule has 152 valence electrons. The molecule has 2 atom stereocenters. The summed E-state index contributed by atoms with van der Waals surface area (Å²) in [6.07, 6.45) is 6.07. The van der Waals surface area contributed by atoms with Crippen molar-refractivity contribution in [2.45, 2.75) is 51.9 Å². The molecule has 4 heteroatoms. The molecule has 1 aromatic rings. The number of rotatable bonds is 6. The molecule has 0 bridgehead atoms. The summed E-state index contributed by atoms with van der Waals surface area (Å²) in [6.45, 7) is 10.0. The van der Waals surface area contributed by atoms with Crippen molar-refractivity contribution in [2.24, 2.45) is 23.0 Å². The second-order valence-electron chi connectivity index (χ2n) is 9.60. The Bertz CT molecular complexity index is 595. The van der Waals surface area contributed by atoms with Gasteiger partial charge in [0.2, 0.25) is 0 Å². The number of likely N-dealkylation sites (tertiary alicyclic amines) is 1. The van der Waals surface area contributed by atoms with E-state index < -0.39 is 0 Å². The maximum absolute atomic E-state index is 6.29. The van der Waals surface area contributed by atoms with Crippen LogP contribution in [-0.2, 0) is 6.42 Å². The Labute approximate surface area is 171 Å². The zero-order valence-electron chi connectivity index (χ0n) is 17.5. The van der Waals surface area contributed by atoms with Crippen LogP contribution >= 0.6 is 11.8 Å². The SMILES string of the molecule is CN1CCCC(c2cccc(CC(C)(C)C(CN)C3CCN(Cl)CC3)c2)C1. The lowest BCUT2D eigenvalue weighted by Gasteiger charge is -2.42. The van der Waals surface area contributed by atoms with Crippen LogP contribution in [-0.4, -0.2) is 49.1 Å². The summed E-state index contributed by atoms with van der Waals surface area (Å²) in [6, 6.07) is 9.38. The summed E-state index contributed by atoms with van der Waals surface area (Å²) >= 11 is 6.17. The third kappa shape index (κ3) is 5.47. The highest BCUT2D eigenvalue weighted by Crippen LogP contribution is 2.40. The highest BCUT2D eigenvalue weighted by Gasteiger charge is 2.36. The lowest BCUT2D eigenvalue weighted by atomic mass is 9.66. The van der Waals surface area contributed by atoms with Crippen LogP contribution in [0.5, 0.6) is 0 Å². The molecule has 2 saturated heterocycles. The maximum atomic E-state index is 6.29. The van der Waals surface area contributed by atoms with E-state index in [1.807, 2.05) is 4.42 Å². The zero-order chi connectivity index (χ0) is 19.4. The van der Waals surface area contributed by atoms with Crippen LogP contribution < -0.4 is 5.73 Å². The van der Waals surface area contributed by atoms with Gasteiger partial charge in [-0.05, 0) is 98.3 Å². The van der Waals surface area contributed by atoms with Crippen LogP contribution in [0.15, 0.2) is 24.3 Å². The number of hydrogen-bond donors (Lipinski definition) is 1. The molecule has 2 fully saturated rings. The van der Waals surface area contributed by atoms with E-state index in [2.05, 4.69) is 50.1 Å². The van der Waals surface area contributed by atoms with Gasteiger partial charge in [0.1, 0.15) is 0 Å². The standard InChI is InChI=1S/C23H38ClN3/c1-23(2,22(16-25)19-9-12-27(24)13-10-19)15-18-6-4-7-20(14-18)21-8-5-11-26(3)17-21/h4,6-7,14,19,21-22H,5,8-13,15-17,25H2,1-3H3. The van der Waals surface area contributed by atoms with Gasteiger partial charge in [0.05, 0.1) is 0 Å². The van der Waals surface area contributed by atoms with Crippen molar-refractivity contribution in [3.63, 3.8) is 0 Å². The first kappa shape index (κ1) is 21.1. The molecule has 0 radical (unpaired) electrons. The topological polar surface area (TPSA) is 32.5 Å². The van der Waals surface area contributed by atoms with E-state index in [0.29, 0.717) is 17.8 Å². The first-order chi connectivity index (χ1) is 12.9. The summed E-state index contributed by atoms with van der Waals surface area (Å²) in [5, 5.41) is 0. The molecule has 0 spiro atoms. The molecule has 3 rings (SSSR count). The fraction of sp³-hybridized carbons (Fsp3) is 0.739. The fourth-order valence-electron chi connectivity index (χ4n) is 5.47. The first-order valence-corrected chi connectivity index (χ1v) is 11.1. The van der Waals surface area contributed by atoms with E-state index >= 15 is 0 Å². The third-order valence-corrected chi connectivity index (χ3v) is 7.36. The summed E-state index contributed by atoms with van der Waals surface area (Å²) in [5.74, 6) is 1.92. The minimum atomic E-state index is 0.204. The molecule has 1 aromatic carbocycles. The van der Waals surface area contributed by atoms with E-state index in [4.69, 9.17) is 17.5 Å². The molecule has 2 N–H and O–H groups in total. The molecule has 2 unspecified atom stereocenters. The minimum Gasteiger partial charge on any atom is -0.330 e. The Morgan fingerprint density at radius 2 is 1.93 bits per heavy atom. The Morgan fingerprint density at radius 3 is 2.59 bits per heavy atom. The van der Waals surface area contributed by atoms with E-state index in [1.54, 1.807) is 0 Å². The average molecular weight is 392 g/mol. The smallest absolute Gasteiger partial charge is 0.0141 e. The largest absolute Gasteiger partial charge is 0.330 e. The second-order valence-corrected chi connectivity index (χ2v) is 10.1. The third-order valence-electron chi connectivity index (χ3n) is 7.02. The molecule has 0 amide bonds. The van der Waals surface area contributed by atoms with Gasteiger partial charge in [-0.25, -0.2) is 4.42 Å². The van der Waals surface area contributed by atoms with Crippen LogP contribution in [0.1, 0.15) is 56.6 Å². The highest BCUT2D eigenvalue weighted by atomic mass is 35.5. The average Bonchev–Trinajstić information content (AvgIpc) is 2.63. The second kappa shape index (κ2) is 9.26. The predicted molar refractivity (Wildman–Crippen MR) is 116 cm³/mol. The molecule has 0 saturated carbocycles. The molecule has 2 heterocycles. The predicted octanol–water partition coefficient (Wildman–Crippen LogP) is 4.51. The van der Waals surface area contributed by atoms with E-state index in [1.165, 1.54) is 49.9 Å². The molecule has 2 aliphatic heterocycles. The Kier molecular flexibility index (Phi) is 7.24. The summed E-state index contributed by atoms with van der Waals surface area (Å²) in [4.78, 5) is 2.47. The highest BCUT2D eigenvalue weighted by molar-refractivity contribution is 6.13. The van der Waals surface area contributed by atoms with Gasteiger partial charge in [-0.2, -0.15) is 0 Å². The van der Waals surface area contributed by atoms with Crippen molar-refractivity contribution >= 4 is 11.8 Å². The summed E-state index contributed by atoms with van der Waals surface area (Å²) in [5.41, 5.74) is 9.49. The quantitative estimate of drug-likeness (QED) is 0.724. The zero-order valence-corrected chi connectivity index (χ0v) is 18.2. The Balaban J connectivity index is 1.69. The van der Waals surface area contributed by atoms with Crippen LogP contribution in [0, 0.1) is 17.3 Å². The number of likely N-dealkylation sites (N-methyl/N-ethyl adjacent to an activating group) is 1. The number of piperidine rings is 2. The Morgan fingerprint density at radius 1 is 1.19 bits per heavy atom. The molecule has 0 aromatic heterocycles. The van der Waals surface area contributed by atoms with Crippen molar-refractivity contribution in [2.75, 3.05) is 39.8 Å². The number of hydrogen-bond acceptors (Lipinski definition) is 3. The van der Waals surface area contributed by atoms with Gasteiger partial charge < -0.3 is 10.6 Å². The summed E-state index contributed by atoms with van der Waals surface area (Å²) < 4.78 is 1.93. The van der Waals surface area contributed by atoms with Gasteiger partial charge in [-0.1, -0.05) is 38.1 Å². The van der Waals surface area contributed by atoms with Gasteiger partial charge in [-0.3, -0.25) is 0 Å². The van der Waals surface area contributed by atoms with Gasteiger partial charge in [0.15, 0.2) is 0 Å². The molecule has 27 heavy (non-hydrogen) atoms. The number of halogens is 1. The monoisotopic (exact) mass is 391 g/mol. The Hall–Kier alpha value is -0.610. The van der Waals surface area contributed by atoms with Crippen molar-refractivity contribution < 1.29 is 0 Å². The molecule has 3 nitrogen and oxygen atoms in total. The lowest BCUT2D eigenvalue weighted by molar-refractivity contribution is 0.104. The minimum absolute atomic E-state index is 0.204. The molecular weight excluding hydrogens is 354 g/mol. The van der Waals surface area contributed by atoms with Gasteiger partial charge in [-0.15, -0.1) is 0 Å². The first-order valence-electron chi connectivity index (χ1n) is 10.8. The van der Waals surface area contributed by atoms with Crippen LogP contribution in [0.2, 0.25) is 0 Å². The van der Waals surface area contributed by atoms with E-state index in [0.717, 1.165) is 26.1 Å². The fourth-order valence-corrected chi connectivity index (χ4v) is 5.67. The van der Waals surface area contributed by atoms with E-state index in [-0.39, 0.29) is 5.41 Å². The van der Waals surface area contributed by atoms with Crippen LogP contribution in [0.25, 0.3) is 0 Å². The number of nitrogens with zero attached hydrogens (tertiary/aromatic N) is 2. The van der Waals surface area contributed by atoms with Crippen molar-refractivity contribution in [1.29, 1.82) is 0 Å². The van der Waals surface area contributed by atoms with Crippen LogP contribution in [0.3, 0.4) is 0 Å². The maximum Gasteiger partial charge on any atom is 0.0141 e.